The normalized spacial score (nSPS) is 10.7. The molecule has 0 N–H and O–H groups in total. The highest BCUT2D eigenvalue weighted by Crippen LogP contribution is 2.33. The number of nitro groups is 1. The first kappa shape index (κ1) is 13.2. The Balaban J connectivity index is 2.18. The van der Waals surface area contributed by atoms with Gasteiger partial charge in [0.05, 0.1) is 21.1 Å². The second-order valence-electron chi connectivity index (χ2n) is 4.26. The van der Waals surface area contributed by atoms with Gasteiger partial charge in [-0.3, -0.25) is 10.1 Å². The van der Waals surface area contributed by atoms with Gasteiger partial charge in [-0.25, -0.2) is 4.98 Å². The van der Waals surface area contributed by atoms with E-state index in [1.807, 2.05) is 0 Å². The van der Waals surface area contributed by atoms with Gasteiger partial charge < -0.3 is 9.90 Å². The number of nitrogens with zero attached hydrogens (tertiary/aromatic N) is 2. The maximum Gasteiger partial charge on any atom is 0.270 e. The molecule has 0 bridgehead atoms. The third-order valence-corrected chi connectivity index (χ3v) is 4.01. The first-order valence-corrected chi connectivity index (χ1v) is 6.73. The Kier molecular flexibility index (Phi) is 3.11. The summed E-state index contributed by atoms with van der Waals surface area (Å²) < 4.78 is 0.632. The molecule has 1 aromatic heterocycles. The van der Waals surface area contributed by atoms with Crippen LogP contribution in [0.25, 0.3) is 20.8 Å². The van der Waals surface area contributed by atoms with E-state index in [4.69, 9.17) is 0 Å². The van der Waals surface area contributed by atoms with Crippen molar-refractivity contribution in [1.29, 1.82) is 0 Å². The van der Waals surface area contributed by atoms with Gasteiger partial charge in [0, 0.05) is 23.3 Å². The molecular formula is C14H7N2O4S-. The third kappa shape index (κ3) is 2.34. The van der Waals surface area contributed by atoms with Crippen LogP contribution >= 0.6 is 11.3 Å². The monoisotopic (exact) mass is 299 g/mol. The number of thiazole rings is 1. The largest absolute Gasteiger partial charge is 0.545 e. The van der Waals surface area contributed by atoms with E-state index in [0.717, 1.165) is 0 Å². The average Bonchev–Trinajstić information content (AvgIpc) is 2.89. The van der Waals surface area contributed by atoms with Crippen molar-refractivity contribution < 1.29 is 14.8 Å². The molecule has 0 aliphatic rings. The van der Waals surface area contributed by atoms with E-state index in [9.17, 15) is 20.0 Å². The van der Waals surface area contributed by atoms with Crippen molar-refractivity contribution in [1.82, 2.24) is 4.98 Å². The molecule has 3 rings (SSSR count). The lowest BCUT2D eigenvalue weighted by atomic mass is 10.1. The molecule has 0 unspecified atom stereocenters. The van der Waals surface area contributed by atoms with Gasteiger partial charge >= 0.3 is 0 Å². The second kappa shape index (κ2) is 4.95. The van der Waals surface area contributed by atoms with Crippen molar-refractivity contribution in [2.45, 2.75) is 0 Å². The highest BCUT2D eigenvalue weighted by molar-refractivity contribution is 7.21. The highest BCUT2D eigenvalue weighted by atomic mass is 32.1. The SMILES string of the molecule is O=C([O-])c1ccccc1-c1nc2ccc([N+](=O)[O-])cc2s1. The first-order chi connectivity index (χ1) is 10.1. The number of aromatic nitrogens is 1. The topological polar surface area (TPSA) is 96.2 Å². The molecule has 7 heteroatoms. The Labute approximate surface area is 122 Å². The lowest BCUT2D eigenvalue weighted by Gasteiger charge is -2.06. The minimum Gasteiger partial charge on any atom is -0.545 e. The van der Waals surface area contributed by atoms with Crippen LogP contribution in [0.4, 0.5) is 5.69 Å². The van der Waals surface area contributed by atoms with E-state index >= 15 is 0 Å². The lowest BCUT2D eigenvalue weighted by Crippen LogP contribution is -2.22. The number of non-ortho nitro benzene ring substituents is 1. The number of benzene rings is 2. The number of hydrogen-bond donors (Lipinski definition) is 0. The molecular weight excluding hydrogens is 292 g/mol. The Hall–Kier alpha value is -2.80. The molecule has 1 heterocycles. The van der Waals surface area contributed by atoms with Crippen molar-refractivity contribution in [2.24, 2.45) is 0 Å². The number of aromatic carboxylic acids is 1. The maximum atomic E-state index is 11.1. The Morgan fingerprint density at radius 1 is 1.19 bits per heavy atom. The minimum atomic E-state index is -1.28. The summed E-state index contributed by atoms with van der Waals surface area (Å²) in [5, 5.41) is 22.4. The highest BCUT2D eigenvalue weighted by Gasteiger charge is 2.13. The number of carboxylic acid groups (broad SMARTS) is 1. The van der Waals surface area contributed by atoms with E-state index in [-0.39, 0.29) is 11.3 Å². The van der Waals surface area contributed by atoms with Gasteiger partial charge in [0.1, 0.15) is 5.01 Å². The summed E-state index contributed by atoms with van der Waals surface area (Å²) in [4.78, 5) is 25.8. The summed E-state index contributed by atoms with van der Waals surface area (Å²) in [7, 11) is 0. The molecule has 2 aromatic carbocycles. The van der Waals surface area contributed by atoms with Gasteiger partial charge in [-0.2, -0.15) is 0 Å². The lowest BCUT2D eigenvalue weighted by molar-refractivity contribution is -0.384. The molecule has 3 aromatic rings. The van der Waals surface area contributed by atoms with Crippen LogP contribution in [0.1, 0.15) is 10.4 Å². The molecule has 21 heavy (non-hydrogen) atoms. The Morgan fingerprint density at radius 3 is 2.67 bits per heavy atom. The summed E-state index contributed by atoms with van der Waals surface area (Å²) >= 11 is 1.21. The van der Waals surface area contributed by atoms with Crippen LogP contribution in [0.15, 0.2) is 42.5 Å². The van der Waals surface area contributed by atoms with Crippen molar-refractivity contribution >= 4 is 33.2 Å². The van der Waals surface area contributed by atoms with Crippen LogP contribution in [-0.2, 0) is 0 Å². The van der Waals surface area contributed by atoms with Crippen molar-refractivity contribution in [3.8, 4) is 10.6 Å². The fraction of sp³-hybridized carbons (Fsp3) is 0. The molecule has 0 saturated heterocycles. The minimum absolute atomic E-state index is 0.0223. The van der Waals surface area contributed by atoms with Gasteiger partial charge in [0.2, 0.25) is 0 Å². The summed E-state index contributed by atoms with van der Waals surface area (Å²) in [5.41, 5.74) is 1.06. The molecule has 0 spiro atoms. The Morgan fingerprint density at radius 2 is 1.95 bits per heavy atom. The molecule has 0 atom stereocenters. The van der Waals surface area contributed by atoms with Gasteiger partial charge in [0.25, 0.3) is 5.69 Å². The van der Waals surface area contributed by atoms with Crippen LogP contribution in [-0.4, -0.2) is 15.9 Å². The van der Waals surface area contributed by atoms with Crippen LogP contribution in [0, 0.1) is 10.1 Å². The van der Waals surface area contributed by atoms with Gasteiger partial charge in [-0.15, -0.1) is 11.3 Å². The maximum absolute atomic E-state index is 11.1. The third-order valence-electron chi connectivity index (χ3n) is 2.96. The van der Waals surface area contributed by atoms with Gasteiger partial charge in [-0.05, 0) is 6.07 Å². The van der Waals surface area contributed by atoms with E-state index in [1.54, 1.807) is 24.3 Å². The van der Waals surface area contributed by atoms with Crippen LogP contribution < -0.4 is 5.11 Å². The zero-order valence-corrected chi connectivity index (χ0v) is 11.3. The van der Waals surface area contributed by atoms with Crippen LogP contribution in [0.3, 0.4) is 0 Å². The zero-order valence-electron chi connectivity index (χ0n) is 10.5. The number of nitro benzene ring substituents is 1. The molecule has 0 saturated carbocycles. The quantitative estimate of drug-likeness (QED) is 0.546. The van der Waals surface area contributed by atoms with Crippen molar-refractivity contribution in [3.05, 3.63) is 58.1 Å². The van der Waals surface area contributed by atoms with E-state index in [1.165, 1.54) is 29.5 Å². The zero-order chi connectivity index (χ0) is 15.0. The van der Waals surface area contributed by atoms with E-state index in [2.05, 4.69) is 4.98 Å². The number of hydrogen-bond acceptors (Lipinski definition) is 6. The molecule has 0 radical (unpaired) electrons. The summed E-state index contributed by atoms with van der Waals surface area (Å²) in [6.07, 6.45) is 0. The van der Waals surface area contributed by atoms with Crippen LogP contribution in [0.2, 0.25) is 0 Å². The first-order valence-electron chi connectivity index (χ1n) is 5.92. The van der Waals surface area contributed by atoms with E-state index < -0.39 is 10.9 Å². The predicted octanol–water partition coefficient (Wildman–Crippen LogP) is 2.23. The average molecular weight is 299 g/mol. The van der Waals surface area contributed by atoms with Crippen molar-refractivity contribution in [3.63, 3.8) is 0 Å². The molecule has 104 valence electrons. The summed E-state index contributed by atoms with van der Waals surface area (Å²) in [6, 6.07) is 10.7. The number of fused-ring (bicyclic) bond motifs is 1. The molecule has 0 aliphatic heterocycles. The Bertz CT molecular complexity index is 872. The molecule has 0 aliphatic carbocycles. The van der Waals surface area contributed by atoms with Gasteiger partial charge in [-0.1, -0.05) is 24.3 Å². The van der Waals surface area contributed by atoms with Crippen LogP contribution in [0.5, 0.6) is 0 Å². The number of carboxylic acids is 1. The fourth-order valence-electron chi connectivity index (χ4n) is 1.99. The number of carbonyl (C=O) groups excluding carboxylic acids is 1. The standard InChI is InChI=1S/C14H8N2O4S/c17-14(18)10-4-2-1-3-9(10)13-15-11-6-5-8(16(19)20)7-12(11)21-13/h1-7H,(H,17,18)/p-1. The summed E-state index contributed by atoms with van der Waals surface area (Å²) in [5.74, 6) is -1.28. The molecule has 6 nitrogen and oxygen atoms in total. The number of rotatable bonds is 3. The molecule has 0 fully saturated rings. The summed E-state index contributed by atoms with van der Waals surface area (Å²) in [6.45, 7) is 0. The van der Waals surface area contributed by atoms with Gasteiger partial charge in [0.15, 0.2) is 0 Å². The predicted molar refractivity (Wildman–Crippen MR) is 76.0 cm³/mol. The second-order valence-corrected chi connectivity index (χ2v) is 5.29. The number of carbonyl (C=O) groups is 1. The fourth-order valence-corrected chi connectivity index (χ4v) is 3.03. The van der Waals surface area contributed by atoms with E-state index in [0.29, 0.717) is 20.8 Å². The molecule has 0 amide bonds. The smallest absolute Gasteiger partial charge is 0.270 e. The van der Waals surface area contributed by atoms with Crippen molar-refractivity contribution in [2.75, 3.05) is 0 Å².